The van der Waals surface area contributed by atoms with Crippen LogP contribution in [-0.4, -0.2) is 47.4 Å². The van der Waals surface area contributed by atoms with Gasteiger partial charge in [0, 0.05) is 17.8 Å². The van der Waals surface area contributed by atoms with Crippen LogP contribution in [0.25, 0.3) is 0 Å². The summed E-state index contributed by atoms with van der Waals surface area (Å²) in [7, 11) is 3.26. The normalized spacial score (nSPS) is 13.5. The number of rotatable bonds is 7. The number of imidazole rings is 1. The Kier molecular flexibility index (Phi) is 6.16. The highest BCUT2D eigenvalue weighted by molar-refractivity contribution is 6.02. The third kappa shape index (κ3) is 4.85. The van der Waals surface area contributed by atoms with Crippen molar-refractivity contribution in [3.05, 3.63) is 71.8 Å². The monoisotopic (exact) mass is 419 g/mol. The molecule has 31 heavy (non-hydrogen) atoms. The van der Waals surface area contributed by atoms with E-state index >= 15 is 0 Å². The predicted molar refractivity (Wildman–Crippen MR) is 119 cm³/mol. The molecule has 0 aliphatic carbocycles. The lowest BCUT2D eigenvalue weighted by molar-refractivity contribution is 0.102. The van der Waals surface area contributed by atoms with Crippen LogP contribution in [0, 0.1) is 0 Å². The van der Waals surface area contributed by atoms with Crippen molar-refractivity contribution in [1.29, 1.82) is 0 Å². The number of carbonyl (C=O) groups is 1. The van der Waals surface area contributed by atoms with Crippen LogP contribution in [0.2, 0.25) is 0 Å². The summed E-state index contributed by atoms with van der Waals surface area (Å²) in [6, 6.07) is 13.7. The topological polar surface area (TPSA) is 91.8 Å². The zero-order valence-electron chi connectivity index (χ0n) is 17.6. The molecule has 1 amide bonds. The molecule has 8 nitrogen and oxygen atoms in total. The lowest BCUT2D eigenvalue weighted by atomic mass is 10.0. The molecule has 1 aromatic heterocycles. The standard InChI is InChI=1S/C23H25N5O3/c1-30-21-9-8-17(12-22(21)31-2)19-7-4-10-28(27-19)14-16-5-3-6-18(11-16)26-23(29)20-13-24-15-25-20/h3,5-6,8-9,11-13,15H,4,7,10,14H2,1-2H3,(H,24,25)(H,26,29). The van der Waals surface area contributed by atoms with E-state index < -0.39 is 0 Å². The Hall–Kier alpha value is -3.81. The SMILES string of the molecule is COc1ccc(C2=NN(Cc3cccc(NC(=O)c4cnc[nH]4)c3)CCC2)cc1OC. The minimum atomic E-state index is -0.221. The molecule has 0 bridgehead atoms. The van der Waals surface area contributed by atoms with Crippen molar-refractivity contribution in [2.75, 3.05) is 26.1 Å². The van der Waals surface area contributed by atoms with Crippen LogP contribution in [0.1, 0.15) is 34.5 Å². The quantitative estimate of drug-likeness (QED) is 0.610. The van der Waals surface area contributed by atoms with Crippen molar-refractivity contribution in [3.8, 4) is 11.5 Å². The number of nitrogens with one attached hydrogen (secondary N) is 2. The van der Waals surface area contributed by atoms with E-state index in [0.29, 0.717) is 23.7 Å². The maximum atomic E-state index is 12.2. The fraction of sp³-hybridized carbons (Fsp3) is 0.261. The fourth-order valence-corrected chi connectivity index (χ4v) is 3.57. The molecule has 1 aliphatic heterocycles. The molecule has 0 spiro atoms. The lowest BCUT2D eigenvalue weighted by Gasteiger charge is -2.26. The van der Waals surface area contributed by atoms with Gasteiger partial charge < -0.3 is 19.8 Å². The summed E-state index contributed by atoms with van der Waals surface area (Å²) in [5, 5.41) is 9.81. The van der Waals surface area contributed by atoms with Crippen molar-refractivity contribution in [2.24, 2.45) is 5.10 Å². The number of ether oxygens (including phenoxy) is 2. The fourth-order valence-electron chi connectivity index (χ4n) is 3.57. The number of nitrogens with zero attached hydrogens (tertiary/aromatic N) is 3. The lowest BCUT2D eigenvalue weighted by Crippen LogP contribution is -2.26. The molecule has 4 rings (SSSR count). The number of aromatic nitrogens is 2. The van der Waals surface area contributed by atoms with E-state index in [9.17, 15) is 4.79 Å². The number of benzene rings is 2. The van der Waals surface area contributed by atoms with Crippen LogP contribution in [-0.2, 0) is 6.54 Å². The van der Waals surface area contributed by atoms with Crippen LogP contribution in [0.5, 0.6) is 11.5 Å². The van der Waals surface area contributed by atoms with Gasteiger partial charge >= 0.3 is 0 Å². The smallest absolute Gasteiger partial charge is 0.273 e. The van der Waals surface area contributed by atoms with Gasteiger partial charge in [-0.15, -0.1) is 0 Å². The third-order valence-electron chi connectivity index (χ3n) is 5.10. The first-order valence-corrected chi connectivity index (χ1v) is 10.1. The molecule has 2 heterocycles. The maximum Gasteiger partial charge on any atom is 0.273 e. The van der Waals surface area contributed by atoms with Gasteiger partial charge in [-0.2, -0.15) is 5.10 Å². The number of methoxy groups -OCH3 is 2. The van der Waals surface area contributed by atoms with Crippen molar-refractivity contribution in [3.63, 3.8) is 0 Å². The number of hydrogen-bond acceptors (Lipinski definition) is 6. The molecule has 0 radical (unpaired) electrons. The highest BCUT2D eigenvalue weighted by Gasteiger charge is 2.16. The molecular formula is C23H25N5O3. The number of hydrazone groups is 1. The largest absolute Gasteiger partial charge is 0.493 e. The second-order valence-electron chi connectivity index (χ2n) is 7.23. The second kappa shape index (κ2) is 9.34. The van der Waals surface area contributed by atoms with E-state index in [1.165, 1.54) is 12.5 Å². The Morgan fingerprint density at radius 2 is 2.03 bits per heavy atom. The molecule has 0 unspecified atom stereocenters. The Morgan fingerprint density at radius 3 is 2.81 bits per heavy atom. The summed E-state index contributed by atoms with van der Waals surface area (Å²) in [4.78, 5) is 18.9. The molecule has 2 N–H and O–H groups in total. The molecule has 1 aliphatic rings. The van der Waals surface area contributed by atoms with Crippen LogP contribution < -0.4 is 14.8 Å². The summed E-state index contributed by atoms with van der Waals surface area (Å²) in [5.41, 5.74) is 4.28. The van der Waals surface area contributed by atoms with Gasteiger partial charge in [0.15, 0.2) is 11.5 Å². The molecule has 2 aromatic carbocycles. The van der Waals surface area contributed by atoms with E-state index in [4.69, 9.17) is 14.6 Å². The van der Waals surface area contributed by atoms with Crippen LogP contribution in [0.3, 0.4) is 0 Å². The Labute approximate surface area is 180 Å². The summed E-state index contributed by atoms with van der Waals surface area (Å²) < 4.78 is 10.8. The van der Waals surface area contributed by atoms with Gasteiger partial charge in [0.1, 0.15) is 5.69 Å². The first kappa shape index (κ1) is 20.5. The first-order chi connectivity index (χ1) is 15.2. The molecule has 8 heteroatoms. The van der Waals surface area contributed by atoms with Crippen molar-refractivity contribution in [2.45, 2.75) is 19.4 Å². The maximum absolute atomic E-state index is 12.2. The van der Waals surface area contributed by atoms with E-state index in [1.807, 2.05) is 42.5 Å². The Morgan fingerprint density at radius 1 is 1.16 bits per heavy atom. The number of amides is 1. The molecule has 0 fully saturated rings. The van der Waals surface area contributed by atoms with E-state index in [2.05, 4.69) is 20.3 Å². The molecule has 0 saturated carbocycles. The number of H-pyrrole nitrogens is 1. The highest BCUT2D eigenvalue weighted by Crippen LogP contribution is 2.29. The van der Waals surface area contributed by atoms with Gasteiger partial charge in [0.2, 0.25) is 0 Å². The molecule has 0 saturated heterocycles. The highest BCUT2D eigenvalue weighted by atomic mass is 16.5. The zero-order valence-corrected chi connectivity index (χ0v) is 17.6. The van der Waals surface area contributed by atoms with Crippen molar-refractivity contribution < 1.29 is 14.3 Å². The Balaban J connectivity index is 1.47. The molecule has 0 atom stereocenters. The van der Waals surface area contributed by atoms with Crippen LogP contribution in [0.4, 0.5) is 5.69 Å². The average Bonchev–Trinajstić information content (AvgIpc) is 3.34. The second-order valence-corrected chi connectivity index (χ2v) is 7.23. The summed E-state index contributed by atoms with van der Waals surface area (Å²) in [6.07, 6.45) is 4.91. The van der Waals surface area contributed by atoms with E-state index in [1.54, 1.807) is 14.2 Å². The third-order valence-corrected chi connectivity index (χ3v) is 5.10. The van der Waals surface area contributed by atoms with Gasteiger partial charge in [0.25, 0.3) is 5.91 Å². The summed E-state index contributed by atoms with van der Waals surface area (Å²) in [6.45, 7) is 1.53. The van der Waals surface area contributed by atoms with Gasteiger partial charge in [-0.05, 0) is 48.7 Å². The minimum absolute atomic E-state index is 0.221. The summed E-state index contributed by atoms with van der Waals surface area (Å²) >= 11 is 0. The van der Waals surface area contributed by atoms with Crippen LogP contribution in [0.15, 0.2) is 60.1 Å². The van der Waals surface area contributed by atoms with Crippen LogP contribution >= 0.6 is 0 Å². The summed E-state index contributed by atoms with van der Waals surface area (Å²) in [5.74, 6) is 1.18. The molecule has 3 aromatic rings. The predicted octanol–water partition coefficient (Wildman–Crippen LogP) is 3.68. The number of anilines is 1. The average molecular weight is 419 g/mol. The minimum Gasteiger partial charge on any atom is -0.493 e. The van der Waals surface area contributed by atoms with Gasteiger partial charge in [-0.25, -0.2) is 4.98 Å². The van der Waals surface area contributed by atoms with Crippen molar-refractivity contribution in [1.82, 2.24) is 15.0 Å². The number of carbonyl (C=O) groups excluding carboxylic acids is 1. The molecular weight excluding hydrogens is 394 g/mol. The Bertz CT molecular complexity index is 1080. The van der Waals surface area contributed by atoms with E-state index in [0.717, 1.165) is 41.9 Å². The first-order valence-electron chi connectivity index (χ1n) is 10.1. The number of hydrogen-bond donors (Lipinski definition) is 2. The van der Waals surface area contributed by atoms with Gasteiger partial charge in [-0.1, -0.05) is 12.1 Å². The molecule has 160 valence electrons. The van der Waals surface area contributed by atoms with Gasteiger partial charge in [0.05, 0.1) is 39.0 Å². The van der Waals surface area contributed by atoms with E-state index in [-0.39, 0.29) is 5.91 Å². The number of aromatic amines is 1. The van der Waals surface area contributed by atoms with Gasteiger partial charge in [-0.3, -0.25) is 9.80 Å². The zero-order chi connectivity index (χ0) is 21.6. The van der Waals surface area contributed by atoms with Crippen molar-refractivity contribution >= 4 is 17.3 Å².